The molecular formula is C18H30N4O2. The maximum absolute atomic E-state index is 12.0. The number of likely N-dealkylation sites (N-methyl/N-ethyl adjacent to an activating group) is 1. The van der Waals surface area contributed by atoms with Gasteiger partial charge in [-0.15, -0.1) is 0 Å². The molecule has 0 aromatic heterocycles. The zero-order chi connectivity index (χ0) is 18.2. The number of amides is 1. The Morgan fingerprint density at radius 1 is 1.25 bits per heavy atom. The Labute approximate surface area is 145 Å². The van der Waals surface area contributed by atoms with Crippen molar-refractivity contribution in [2.24, 2.45) is 4.99 Å². The Morgan fingerprint density at radius 2 is 1.88 bits per heavy atom. The lowest BCUT2D eigenvalue weighted by atomic mass is 10.1. The molecule has 1 aromatic carbocycles. The molecule has 6 nitrogen and oxygen atoms in total. The van der Waals surface area contributed by atoms with Gasteiger partial charge >= 0.3 is 0 Å². The lowest BCUT2D eigenvalue weighted by molar-refractivity contribution is -0.122. The second kappa shape index (κ2) is 9.15. The predicted octanol–water partition coefficient (Wildman–Crippen LogP) is 1.75. The van der Waals surface area contributed by atoms with E-state index in [0.29, 0.717) is 5.96 Å². The minimum Gasteiger partial charge on any atom is -0.508 e. The number of phenolic OH excluding ortho intramolecular Hbond substituents is 1. The van der Waals surface area contributed by atoms with Gasteiger partial charge in [-0.1, -0.05) is 12.1 Å². The molecule has 0 unspecified atom stereocenters. The molecule has 0 fully saturated rings. The Bertz CT molecular complexity index is 547. The quantitative estimate of drug-likeness (QED) is 0.421. The first-order valence-corrected chi connectivity index (χ1v) is 8.22. The van der Waals surface area contributed by atoms with Gasteiger partial charge in [0, 0.05) is 26.2 Å². The van der Waals surface area contributed by atoms with Gasteiger partial charge in [0.05, 0.1) is 6.54 Å². The topological polar surface area (TPSA) is 77.0 Å². The monoisotopic (exact) mass is 334 g/mol. The molecule has 0 atom stereocenters. The number of phenols is 1. The van der Waals surface area contributed by atoms with Gasteiger partial charge in [-0.3, -0.25) is 9.79 Å². The second-order valence-electron chi connectivity index (χ2n) is 6.90. The van der Waals surface area contributed by atoms with E-state index in [4.69, 9.17) is 0 Å². The molecule has 0 heterocycles. The Morgan fingerprint density at radius 3 is 2.42 bits per heavy atom. The van der Waals surface area contributed by atoms with Gasteiger partial charge in [-0.2, -0.15) is 0 Å². The van der Waals surface area contributed by atoms with E-state index in [1.165, 1.54) is 5.56 Å². The van der Waals surface area contributed by atoms with Crippen LogP contribution < -0.4 is 10.6 Å². The van der Waals surface area contributed by atoms with Crippen molar-refractivity contribution in [2.75, 3.05) is 27.2 Å². The summed E-state index contributed by atoms with van der Waals surface area (Å²) < 4.78 is 0. The average molecular weight is 334 g/mol. The third-order valence-corrected chi connectivity index (χ3v) is 3.33. The van der Waals surface area contributed by atoms with E-state index in [9.17, 15) is 9.90 Å². The molecular weight excluding hydrogens is 304 g/mol. The standard InChI is InChI=1S/C18H30N4O2/c1-18(2,3)21-16(24)13-22(5)17(19-4)20-12-6-7-14-8-10-15(23)11-9-14/h8-11,23H,6-7,12-13H2,1-5H3,(H,19,20)(H,21,24). The third-order valence-electron chi connectivity index (χ3n) is 3.33. The zero-order valence-electron chi connectivity index (χ0n) is 15.4. The van der Waals surface area contributed by atoms with E-state index in [2.05, 4.69) is 15.6 Å². The highest BCUT2D eigenvalue weighted by Crippen LogP contribution is 2.10. The van der Waals surface area contributed by atoms with Gasteiger partial charge in [0.1, 0.15) is 5.75 Å². The first-order chi connectivity index (χ1) is 11.2. The molecule has 134 valence electrons. The molecule has 0 bridgehead atoms. The number of benzene rings is 1. The van der Waals surface area contributed by atoms with Crippen LogP contribution in [-0.4, -0.2) is 54.6 Å². The molecule has 1 amide bonds. The number of guanidine groups is 1. The van der Waals surface area contributed by atoms with Crippen LogP contribution in [0, 0.1) is 0 Å². The van der Waals surface area contributed by atoms with Crippen LogP contribution in [0.25, 0.3) is 0 Å². The van der Waals surface area contributed by atoms with E-state index in [1.54, 1.807) is 19.2 Å². The van der Waals surface area contributed by atoms with Gasteiger partial charge in [-0.25, -0.2) is 0 Å². The van der Waals surface area contributed by atoms with Crippen molar-refractivity contribution in [1.29, 1.82) is 0 Å². The fraction of sp³-hybridized carbons (Fsp3) is 0.556. The first-order valence-electron chi connectivity index (χ1n) is 8.22. The number of rotatable bonds is 6. The highest BCUT2D eigenvalue weighted by atomic mass is 16.3. The van der Waals surface area contributed by atoms with Crippen molar-refractivity contribution in [3.8, 4) is 5.75 Å². The van der Waals surface area contributed by atoms with Crippen molar-refractivity contribution in [2.45, 2.75) is 39.2 Å². The fourth-order valence-electron chi connectivity index (χ4n) is 2.29. The molecule has 6 heteroatoms. The zero-order valence-corrected chi connectivity index (χ0v) is 15.4. The number of carbonyl (C=O) groups excluding carboxylic acids is 1. The number of nitrogens with zero attached hydrogens (tertiary/aromatic N) is 2. The summed E-state index contributed by atoms with van der Waals surface area (Å²) in [7, 11) is 3.55. The smallest absolute Gasteiger partial charge is 0.240 e. The second-order valence-corrected chi connectivity index (χ2v) is 6.90. The summed E-state index contributed by atoms with van der Waals surface area (Å²) in [5.74, 6) is 0.953. The van der Waals surface area contributed by atoms with Gasteiger partial charge in [0.25, 0.3) is 0 Å². The first kappa shape index (κ1) is 19.8. The van der Waals surface area contributed by atoms with Crippen molar-refractivity contribution < 1.29 is 9.90 Å². The average Bonchev–Trinajstić information content (AvgIpc) is 2.47. The fourth-order valence-corrected chi connectivity index (χ4v) is 2.29. The number of hydrogen-bond acceptors (Lipinski definition) is 3. The van der Waals surface area contributed by atoms with Crippen LogP contribution in [0.3, 0.4) is 0 Å². The van der Waals surface area contributed by atoms with Crippen LogP contribution in [0.1, 0.15) is 32.8 Å². The summed E-state index contributed by atoms with van der Waals surface area (Å²) in [5, 5.41) is 15.5. The Kier molecular flexibility index (Phi) is 7.55. The van der Waals surface area contributed by atoms with E-state index < -0.39 is 0 Å². The number of aliphatic imine (C=N–C) groups is 1. The molecule has 3 N–H and O–H groups in total. The maximum Gasteiger partial charge on any atom is 0.240 e. The van der Waals surface area contributed by atoms with E-state index in [0.717, 1.165) is 19.4 Å². The summed E-state index contributed by atoms with van der Waals surface area (Å²) in [4.78, 5) is 18.0. The Balaban J connectivity index is 2.36. The number of nitrogens with one attached hydrogen (secondary N) is 2. The molecule has 0 saturated carbocycles. The molecule has 1 aromatic rings. The molecule has 24 heavy (non-hydrogen) atoms. The van der Waals surface area contributed by atoms with Crippen molar-refractivity contribution >= 4 is 11.9 Å². The van der Waals surface area contributed by atoms with Crippen LogP contribution >= 0.6 is 0 Å². The van der Waals surface area contributed by atoms with Gasteiger partial charge in [0.2, 0.25) is 5.91 Å². The van der Waals surface area contributed by atoms with Crippen LogP contribution in [0.2, 0.25) is 0 Å². The summed E-state index contributed by atoms with van der Waals surface area (Å²) in [6, 6.07) is 7.24. The molecule has 0 aliphatic heterocycles. The molecule has 0 aliphatic rings. The summed E-state index contributed by atoms with van der Waals surface area (Å²) in [5.41, 5.74) is 0.946. The summed E-state index contributed by atoms with van der Waals surface area (Å²) in [6.45, 7) is 6.90. The molecule has 0 aliphatic carbocycles. The highest BCUT2D eigenvalue weighted by Gasteiger charge is 2.16. The van der Waals surface area contributed by atoms with Crippen LogP contribution in [0.15, 0.2) is 29.3 Å². The van der Waals surface area contributed by atoms with E-state index in [-0.39, 0.29) is 23.7 Å². The lowest BCUT2D eigenvalue weighted by Crippen LogP contribution is -2.48. The summed E-state index contributed by atoms with van der Waals surface area (Å²) in [6.07, 6.45) is 1.85. The molecule has 1 rings (SSSR count). The summed E-state index contributed by atoms with van der Waals surface area (Å²) >= 11 is 0. The molecule has 0 spiro atoms. The molecule has 0 saturated heterocycles. The third kappa shape index (κ3) is 7.85. The van der Waals surface area contributed by atoms with Crippen LogP contribution in [-0.2, 0) is 11.2 Å². The van der Waals surface area contributed by atoms with Crippen LogP contribution in [0.5, 0.6) is 5.75 Å². The number of aromatic hydroxyl groups is 1. The maximum atomic E-state index is 12.0. The largest absolute Gasteiger partial charge is 0.508 e. The molecule has 0 radical (unpaired) electrons. The number of aryl methyl sites for hydroxylation is 1. The SMILES string of the molecule is CN=C(NCCCc1ccc(O)cc1)N(C)CC(=O)NC(C)(C)C. The minimum atomic E-state index is -0.237. The number of hydrogen-bond donors (Lipinski definition) is 3. The van der Waals surface area contributed by atoms with Gasteiger partial charge in [-0.05, 0) is 51.3 Å². The highest BCUT2D eigenvalue weighted by molar-refractivity contribution is 5.86. The van der Waals surface area contributed by atoms with Crippen molar-refractivity contribution in [3.05, 3.63) is 29.8 Å². The van der Waals surface area contributed by atoms with Crippen molar-refractivity contribution in [1.82, 2.24) is 15.5 Å². The normalized spacial score (nSPS) is 12.0. The van der Waals surface area contributed by atoms with Crippen molar-refractivity contribution in [3.63, 3.8) is 0 Å². The predicted molar refractivity (Wildman–Crippen MR) is 98.3 cm³/mol. The lowest BCUT2D eigenvalue weighted by Gasteiger charge is -2.25. The van der Waals surface area contributed by atoms with Gasteiger partial charge < -0.3 is 20.6 Å². The number of carbonyl (C=O) groups is 1. The minimum absolute atomic E-state index is 0.0305. The van der Waals surface area contributed by atoms with E-state index in [1.807, 2.05) is 44.9 Å². The van der Waals surface area contributed by atoms with E-state index >= 15 is 0 Å². The van der Waals surface area contributed by atoms with Gasteiger partial charge in [0.15, 0.2) is 5.96 Å². The Hall–Kier alpha value is -2.24. The van der Waals surface area contributed by atoms with Crippen LogP contribution in [0.4, 0.5) is 0 Å².